The van der Waals surface area contributed by atoms with E-state index in [1.54, 1.807) is 30.1 Å². The van der Waals surface area contributed by atoms with Gasteiger partial charge in [0, 0.05) is 25.0 Å². The highest BCUT2D eigenvalue weighted by Crippen LogP contribution is 2.27. The van der Waals surface area contributed by atoms with Gasteiger partial charge in [-0.2, -0.15) is 0 Å². The predicted octanol–water partition coefficient (Wildman–Crippen LogP) is 3.93. The third-order valence-corrected chi connectivity index (χ3v) is 6.21. The highest BCUT2D eigenvalue weighted by molar-refractivity contribution is 7.98. The van der Waals surface area contributed by atoms with Crippen LogP contribution in [0.1, 0.15) is 11.4 Å². The highest BCUT2D eigenvalue weighted by Gasteiger charge is 2.16. The third-order valence-electron chi connectivity index (χ3n) is 5.25. The van der Waals surface area contributed by atoms with Crippen LogP contribution in [-0.4, -0.2) is 29.3 Å². The summed E-state index contributed by atoms with van der Waals surface area (Å²) >= 11 is 1.52. The van der Waals surface area contributed by atoms with Gasteiger partial charge in [-0.3, -0.25) is 18.9 Å². The van der Waals surface area contributed by atoms with Gasteiger partial charge in [-0.25, -0.2) is 4.98 Å². The van der Waals surface area contributed by atoms with Gasteiger partial charge in [0.05, 0.1) is 23.2 Å². The fourth-order valence-electron chi connectivity index (χ4n) is 3.54. The van der Waals surface area contributed by atoms with Gasteiger partial charge in [-0.1, -0.05) is 54.2 Å². The number of rotatable bonds is 6. The number of pyridine rings is 1. The van der Waals surface area contributed by atoms with Crippen molar-refractivity contribution in [2.24, 2.45) is 7.05 Å². The predicted molar refractivity (Wildman–Crippen MR) is 125 cm³/mol. The van der Waals surface area contributed by atoms with Crippen LogP contribution < -0.4 is 5.56 Å². The molecular weight excluding hydrogens is 420 g/mol. The molecule has 5 aromatic rings. The molecule has 0 amide bonds. The van der Waals surface area contributed by atoms with Crippen LogP contribution in [0.4, 0.5) is 0 Å². The van der Waals surface area contributed by atoms with Crippen molar-refractivity contribution in [1.29, 1.82) is 0 Å². The van der Waals surface area contributed by atoms with E-state index in [0.717, 1.165) is 22.1 Å². The summed E-state index contributed by atoms with van der Waals surface area (Å²) < 4.78 is 3.70. The van der Waals surface area contributed by atoms with Crippen LogP contribution in [-0.2, 0) is 19.3 Å². The van der Waals surface area contributed by atoms with Gasteiger partial charge in [-0.05, 0) is 29.8 Å². The lowest BCUT2D eigenvalue weighted by molar-refractivity contribution is 0.712. The second-order valence-electron chi connectivity index (χ2n) is 7.31. The molecule has 0 spiro atoms. The Morgan fingerprint density at radius 2 is 1.66 bits per heavy atom. The fourth-order valence-corrected chi connectivity index (χ4v) is 4.46. The third kappa shape index (κ3) is 3.92. The van der Waals surface area contributed by atoms with E-state index in [-0.39, 0.29) is 5.56 Å². The molecule has 0 saturated carbocycles. The summed E-state index contributed by atoms with van der Waals surface area (Å²) in [5.41, 5.74) is 2.76. The molecule has 0 radical (unpaired) electrons. The summed E-state index contributed by atoms with van der Waals surface area (Å²) in [5.74, 6) is 1.97. The normalized spacial score (nSPS) is 11.2. The van der Waals surface area contributed by atoms with Crippen molar-refractivity contribution in [3.05, 3.63) is 101 Å². The molecule has 0 aliphatic heterocycles. The van der Waals surface area contributed by atoms with Gasteiger partial charge in [0.25, 0.3) is 5.56 Å². The molecule has 0 aliphatic carbocycles. The monoisotopic (exact) mass is 440 g/mol. The molecule has 0 fully saturated rings. The molecule has 3 aromatic heterocycles. The van der Waals surface area contributed by atoms with Crippen LogP contribution >= 0.6 is 11.8 Å². The maximum Gasteiger partial charge on any atom is 0.261 e. The molecule has 8 heteroatoms. The van der Waals surface area contributed by atoms with E-state index in [1.165, 1.54) is 11.8 Å². The smallest absolute Gasteiger partial charge is 0.261 e. The second-order valence-corrected chi connectivity index (χ2v) is 8.25. The van der Waals surface area contributed by atoms with Crippen LogP contribution in [0.5, 0.6) is 0 Å². The number of hydrogen-bond acceptors (Lipinski definition) is 6. The first-order chi connectivity index (χ1) is 15.7. The molecule has 3 heterocycles. The van der Waals surface area contributed by atoms with Crippen molar-refractivity contribution < 1.29 is 0 Å². The van der Waals surface area contributed by atoms with E-state index < -0.39 is 0 Å². The number of nitrogens with zero attached hydrogens (tertiary/aromatic N) is 6. The summed E-state index contributed by atoms with van der Waals surface area (Å²) in [6.45, 7) is 0.637. The zero-order valence-electron chi connectivity index (χ0n) is 17.4. The fraction of sp³-hybridized carbons (Fsp3) is 0.125. The van der Waals surface area contributed by atoms with Crippen molar-refractivity contribution >= 4 is 22.7 Å². The minimum atomic E-state index is -0.0468. The average Bonchev–Trinajstić information content (AvgIpc) is 3.24. The number of thioether (sulfide) groups is 1. The summed E-state index contributed by atoms with van der Waals surface area (Å²) in [6.07, 6.45) is 3.50. The van der Waals surface area contributed by atoms with Crippen LogP contribution in [0.25, 0.3) is 22.3 Å². The molecule has 7 nitrogen and oxygen atoms in total. The van der Waals surface area contributed by atoms with E-state index in [2.05, 4.69) is 31.9 Å². The van der Waals surface area contributed by atoms with Gasteiger partial charge in [0.1, 0.15) is 5.82 Å². The molecule has 0 atom stereocenters. The molecule has 32 heavy (non-hydrogen) atoms. The summed E-state index contributed by atoms with van der Waals surface area (Å²) in [5, 5.41) is 10.3. The second kappa shape index (κ2) is 8.76. The Labute approximate surface area is 188 Å². The lowest BCUT2D eigenvalue weighted by atomic mass is 10.2. The number of para-hydroxylation sites is 1. The maximum atomic E-state index is 12.7. The van der Waals surface area contributed by atoms with Crippen LogP contribution in [0.15, 0.2) is 89.1 Å². The molecule has 0 unspecified atom stereocenters. The molecule has 0 bridgehead atoms. The van der Waals surface area contributed by atoms with E-state index >= 15 is 0 Å². The number of benzene rings is 2. The average molecular weight is 441 g/mol. The Bertz CT molecular complexity index is 1430. The number of aromatic nitrogens is 6. The zero-order chi connectivity index (χ0) is 21.9. The Hall–Kier alpha value is -3.78. The largest absolute Gasteiger partial charge is 0.299 e. The molecule has 0 aliphatic rings. The Balaban J connectivity index is 1.50. The van der Waals surface area contributed by atoms with E-state index in [1.807, 2.05) is 48.5 Å². The highest BCUT2D eigenvalue weighted by atomic mass is 32.2. The SMILES string of the molecule is Cn1c(CSc2nnc(-c3ccncc3)n2Cc2ccccc2)nc2ccccc2c1=O. The molecule has 0 N–H and O–H groups in total. The minimum absolute atomic E-state index is 0.0468. The topological polar surface area (TPSA) is 78.5 Å². The maximum absolute atomic E-state index is 12.7. The first kappa shape index (κ1) is 20.1. The van der Waals surface area contributed by atoms with Crippen molar-refractivity contribution in [3.8, 4) is 11.4 Å². The standard InChI is InChI=1S/C24H20N6OS/c1-29-21(26-20-10-6-5-9-19(20)23(29)31)16-32-24-28-27-22(18-11-13-25-14-12-18)30(24)15-17-7-3-2-4-8-17/h2-14H,15-16H2,1H3. The Morgan fingerprint density at radius 3 is 2.47 bits per heavy atom. The Kier molecular flexibility index (Phi) is 5.51. The van der Waals surface area contributed by atoms with Crippen LogP contribution in [0.2, 0.25) is 0 Å². The van der Waals surface area contributed by atoms with Crippen molar-refractivity contribution in [2.75, 3.05) is 0 Å². The molecule has 5 rings (SSSR count). The lowest BCUT2D eigenvalue weighted by Crippen LogP contribution is -2.22. The lowest BCUT2D eigenvalue weighted by Gasteiger charge is -2.12. The molecule has 2 aromatic carbocycles. The quantitative estimate of drug-likeness (QED) is 0.372. The van der Waals surface area contributed by atoms with Gasteiger partial charge in [0.2, 0.25) is 0 Å². The van der Waals surface area contributed by atoms with Crippen molar-refractivity contribution in [3.63, 3.8) is 0 Å². The summed E-state index contributed by atoms with van der Waals surface area (Å²) in [7, 11) is 1.76. The summed E-state index contributed by atoms with van der Waals surface area (Å²) in [4.78, 5) is 21.5. The van der Waals surface area contributed by atoms with E-state index in [9.17, 15) is 4.79 Å². The first-order valence-corrected chi connectivity index (χ1v) is 11.1. The van der Waals surface area contributed by atoms with E-state index in [0.29, 0.717) is 29.0 Å². The van der Waals surface area contributed by atoms with Crippen molar-refractivity contribution in [2.45, 2.75) is 17.5 Å². The van der Waals surface area contributed by atoms with Crippen molar-refractivity contribution in [1.82, 2.24) is 29.3 Å². The Morgan fingerprint density at radius 1 is 0.906 bits per heavy atom. The van der Waals surface area contributed by atoms with Crippen LogP contribution in [0.3, 0.4) is 0 Å². The van der Waals surface area contributed by atoms with Gasteiger partial charge >= 0.3 is 0 Å². The first-order valence-electron chi connectivity index (χ1n) is 10.2. The van der Waals surface area contributed by atoms with Gasteiger partial charge in [-0.15, -0.1) is 10.2 Å². The van der Waals surface area contributed by atoms with E-state index in [4.69, 9.17) is 4.98 Å². The minimum Gasteiger partial charge on any atom is -0.299 e. The zero-order valence-corrected chi connectivity index (χ0v) is 18.2. The number of hydrogen-bond donors (Lipinski definition) is 0. The molecular formula is C24H20N6OS. The summed E-state index contributed by atoms with van der Waals surface area (Å²) in [6, 6.07) is 21.5. The van der Waals surface area contributed by atoms with Crippen LogP contribution in [0, 0.1) is 0 Å². The number of fused-ring (bicyclic) bond motifs is 1. The molecule has 158 valence electrons. The molecule has 0 saturated heterocycles. The van der Waals surface area contributed by atoms with Gasteiger partial charge < -0.3 is 0 Å². The van der Waals surface area contributed by atoms with Gasteiger partial charge in [0.15, 0.2) is 11.0 Å².